The van der Waals surface area contributed by atoms with Crippen molar-refractivity contribution >= 4 is 8.32 Å². The van der Waals surface area contributed by atoms with Crippen LogP contribution in [0.4, 0.5) is 0 Å². The fraction of sp³-hybridized carbons (Fsp3) is 0.824. The molecule has 0 aliphatic heterocycles. The van der Waals surface area contributed by atoms with E-state index in [4.69, 9.17) is 14.9 Å². The van der Waals surface area contributed by atoms with Gasteiger partial charge in [-0.2, -0.15) is 0 Å². The molecule has 0 spiro atoms. The lowest BCUT2D eigenvalue weighted by molar-refractivity contribution is -0.248. The molecule has 3 N–H and O–H groups in total. The third-order valence-corrected chi connectivity index (χ3v) is 17.7. The maximum atomic E-state index is 12.9. The molecule has 0 aromatic heterocycles. The van der Waals surface area contributed by atoms with Crippen LogP contribution in [0, 0.1) is 28.6 Å². The molecule has 0 unspecified atom stereocenters. The van der Waals surface area contributed by atoms with Gasteiger partial charge >= 0.3 is 0 Å². The van der Waals surface area contributed by atoms with E-state index in [1.165, 1.54) is 37.7 Å². The van der Waals surface area contributed by atoms with E-state index in [0.717, 1.165) is 32.1 Å². The summed E-state index contributed by atoms with van der Waals surface area (Å²) in [6.45, 7) is 18.1. The molecule has 4 fully saturated rings. The summed E-state index contributed by atoms with van der Waals surface area (Å²) in [5.41, 5.74) is 5.96. The maximum Gasteiger partial charge on any atom is 0.192 e. The summed E-state index contributed by atoms with van der Waals surface area (Å²) >= 11 is 0. The smallest absolute Gasteiger partial charge is 0.192 e. The fourth-order valence-corrected chi connectivity index (χ4v) is 11.1. The molecule has 1 aromatic carbocycles. The van der Waals surface area contributed by atoms with Gasteiger partial charge < -0.3 is 20.0 Å². The maximum absolute atomic E-state index is 12.9. The van der Waals surface area contributed by atoms with E-state index in [0.29, 0.717) is 42.4 Å². The highest BCUT2D eigenvalue weighted by atomic mass is 28.4. The number of aliphatic hydroxyl groups is 1. The van der Waals surface area contributed by atoms with Gasteiger partial charge in [0.2, 0.25) is 0 Å². The van der Waals surface area contributed by atoms with Crippen molar-refractivity contribution in [2.24, 2.45) is 34.3 Å². The second-order valence-corrected chi connectivity index (χ2v) is 20.5. The van der Waals surface area contributed by atoms with Crippen molar-refractivity contribution in [1.29, 1.82) is 0 Å². The first-order valence-electron chi connectivity index (χ1n) is 16.0. The Hall–Kier alpha value is -0.723. The van der Waals surface area contributed by atoms with E-state index in [1.807, 2.05) is 0 Å². The molecule has 4 nitrogen and oxygen atoms in total. The quantitative estimate of drug-likeness (QED) is 0.266. The molecule has 5 rings (SSSR count). The molecule has 39 heavy (non-hydrogen) atoms. The average Bonchev–Trinajstić information content (AvgIpc) is 3.12. The standard InChI is InChI=1S/C34H57NO3Si/c1-30(2,3)39(6,7)38-27-16-18-31(4)26(24-27)14-15-29-28(31)17-19-32(5)33(29,36)20-21-34(32,37-23-11-22-35)25-12-9-8-10-13-25/h8-10,12-13,26-29,36H,11,14-24,35H2,1-7H3/t26-,27-,28-,29+,31-,32-,33-,34-/m0/s1. The molecule has 1 aromatic rings. The zero-order valence-corrected chi connectivity index (χ0v) is 27.0. The van der Waals surface area contributed by atoms with Gasteiger partial charge in [-0.25, -0.2) is 0 Å². The summed E-state index contributed by atoms with van der Waals surface area (Å²) in [5, 5.41) is 13.1. The van der Waals surface area contributed by atoms with Gasteiger partial charge in [0.15, 0.2) is 8.32 Å². The van der Waals surface area contributed by atoms with Crippen molar-refractivity contribution in [1.82, 2.24) is 0 Å². The van der Waals surface area contributed by atoms with E-state index in [-0.39, 0.29) is 10.5 Å². The molecule has 4 aliphatic rings. The van der Waals surface area contributed by atoms with Gasteiger partial charge in [0.1, 0.15) is 5.60 Å². The van der Waals surface area contributed by atoms with Crippen LogP contribution in [0.5, 0.6) is 0 Å². The van der Waals surface area contributed by atoms with Crippen molar-refractivity contribution in [3.63, 3.8) is 0 Å². The van der Waals surface area contributed by atoms with E-state index < -0.39 is 19.5 Å². The van der Waals surface area contributed by atoms with Gasteiger partial charge in [0.05, 0.1) is 5.60 Å². The fourth-order valence-electron chi connectivity index (χ4n) is 9.70. The third kappa shape index (κ3) is 4.52. The molecule has 8 atom stereocenters. The van der Waals surface area contributed by atoms with Gasteiger partial charge in [0, 0.05) is 18.1 Å². The van der Waals surface area contributed by atoms with Crippen LogP contribution in [-0.2, 0) is 14.8 Å². The van der Waals surface area contributed by atoms with Crippen molar-refractivity contribution in [2.45, 2.75) is 134 Å². The molecule has 4 aliphatic carbocycles. The average molecular weight is 556 g/mol. The van der Waals surface area contributed by atoms with E-state index in [2.05, 4.69) is 78.0 Å². The minimum absolute atomic E-state index is 0.252. The van der Waals surface area contributed by atoms with Crippen molar-refractivity contribution in [3.8, 4) is 0 Å². The van der Waals surface area contributed by atoms with Crippen LogP contribution in [0.1, 0.15) is 104 Å². The first kappa shape index (κ1) is 29.8. The number of nitrogens with two attached hydrogens (primary N) is 1. The molecular formula is C34H57NO3Si. The predicted molar refractivity (Wildman–Crippen MR) is 163 cm³/mol. The predicted octanol–water partition coefficient (Wildman–Crippen LogP) is 7.80. The Morgan fingerprint density at radius 3 is 2.33 bits per heavy atom. The number of hydrogen-bond acceptors (Lipinski definition) is 4. The molecule has 0 amide bonds. The summed E-state index contributed by atoms with van der Waals surface area (Å²) in [6, 6.07) is 10.8. The molecule has 0 bridgehead atoms. The van der Waals surface area contributed by atoms with Gasteiger partial charge in [-0.1, -0.05) is 65.0 Å². The number of fused-ring (bicyclic) bond motifs is 5. The summed E-state index contributed by atoms with van der Waals surface area (Å²) in [6.07, 6.45) is 11.2. The monoisotopic (exact) mass is 555 g/mol. The molecule has 0 radical (unpaired) electrons. The number of rotatable bonds is 7. The number of ether oxygens (including phenoxy) is 1. The first-order valence-corrected chi connectivity index (χ1v) is 18.9. The van der Waals surface area contributed by atoms with Crippen molar-refractivity contribution in [3.05, 3.63) is 35.9 Å². The lowest BCUT2D eigenvalue weighted by Gasteiger charge is -2.65. The number of benzene rings is 1. The Kier molecular flexibility index (Phi) is 7.80. The minimum Gasteiger partial charge on any atom is -0.414 e. The molecule has 220 valence electrons. The molecular weight excluding hydrogens is 498 g/mol. The second kappa shape index (κ2) is 10.2. The lowest BCUT2D eigenvalue weighted by Crippen LogP contribution is -2.65. The Labute approximate surface area is 239 Å². The van der Waals surface area contributed by atoms with E-state index >= 15 is 0 Å². The molecule has 5 heteroatoms. The Morgan fingerprint density at radius 2 is 1.67 bits per heavy atom. The summed E-state index contributed by atoms with van der Waals surface area (Å²) in [5.74, 6) is 1.63. The van der Waals surface area contributed by atoms with E-state index in [1.54, 1.807) is 0 Å². The summed E-state index contributed by atoms with van der Waals surface area (Å²) < 4.78 is 13.9. The molecule has 0 saturated heterocycles. The van der Waals surface area contributed by atoms with Crippen LogP contribution in [0.25, 0.3) is 0 Å². The highest BCUT2D eigenvalue weighted by molar-refractivity contribution is 6.74. The van der Waals surface area contributed by atoms with Crippen LogP contribution in [0.2, 0.25) is 18.1 Å². The Balaban J connectivity index is 1.40. The highest BCUT2D eigenvalue weighted by Crippen LogP contribution is 2.72. The largest absolute Gasteiger partial charge is 0.414 e. The van der Waals surface area contributed by atoms with Crippen LogP contribution < -0.4 is 5.73 Å². The summed E-state index contributed by atoms with van der Waals surface area (Å²) in [7, 11) is -1.77. The normalized spacial score (nSPS) is 42.5. The van der Waals surface area contributed by atoms with Crippen molar-refractivity contribution in [2.75, 3.05) is 13.2 Å². The minimum atomic E-state index is -1.77. The topological polar surface area (TPSA) is 64.7 Å². The zero-order valence-electron chi connectivity index (χ0n) is 26.0. The Bertz CT molecular complexity index is 1010. The highest BCUT2D eigenvalue weighted by Gasteiger charge is 2.72. The Morgan fingerprint density at radius 1 is 0.949 bits per heavy atom. The first-order chi connectivity index (χ1) is 18.2. The van der Waals surface area contributed by atoms with Crippen molar-refractivity contribution < 1.29 is 14.3 Å². The zero-order chi connectivity index (χ0) is 28.3. The molecule has 4 saturated carbocycles. The summed E-state index contributed by atoms with van der Waals surface area (Å²) in [4.78, 5) is 0. The third-order valence-electron chi connectivity index (χ3n) is 13.1. The lowest BCUT2D eigenvalue weighted by atomic mass is 9.42. The van der Waals surface area contributed by atoms with Gasteiger partial charge in [0.25, 0.3) is 0 Å². The van der Waals surface area contributed by atoms with Crippen LogP contribution in [-0.4, -0.2) is 38.3 Å². The van der Waals surface area contributed by atoms with Crippen LogP contribution in [0.15, 0.2) is 30.3 Å². The van der Waals surface area contributed by atoms with E-state index in [9.17, 15) is 5.11 Å². The SMILES string of the molecule is CC(C)(C)[Si](C)(C)O[C@H]1CC[C@@]2(C)[C@@H](CC[C@@H]3[C@@H]2CC[C@]2(C)[C@@](OCCCN)(c4ccccc4)CC[C@]32O)C1. The van der Waals surface area contributed by atoms with Crippen LogP contribution in [0.3, 0.4) is 0 Å². The van der Waals surface area contributed by atoms with Gasteiger partial charge in [-0.15, -0.1) is 0 Å². The van der Waals surface area contributed by atoms with Gasteiger partial charge in [-0.3, -0.25) is 0 Å². The van der Waals surface area contributed by atoms with Gasteiger partial charge in [-0.05, 0) is 118 Å². The number of hydrogen-bond donors (Lipinski definition) is 2. The van der Waals surface area contributed by atoms with Crippen LogP contribution >= 0.6 is 0 Å². The molecule has 0 heterocycles. The second-order valence-electron chi connectivity index (χ2n) is 15.7.